The van der Waals surface area contributed by atoms with Crippen LogP contribution in [-0.4, -0.2) is 32.2 Å². The Labute approximate surface area is 133 Å². The molecule has 0 aliphatic rings. The summed E-state index contributed by atoms with van der Waals surface area (Å²) in [6.45, 7) is 2.44. The van der Waals surface area contributed by atoms with Gasteiger partial charge in [-0.25, -0.2) is 0 Å². The van der Waals surface area contributed by atoms with Crippen molar-refractivity contribution < 1.29 is 9.90 Å². The third-order valence-electron chi connectivity index (χ3n) is 3.74. The van der Waals surface area contributed by atoms with Crippen molar-refractivity contribution in [2.75, 3.05) is 6.54 Å². The molecule has 0 unspecified atom stereocenters. The molecule has 0 saturated carbocycles. The molecule has 2 N–H and O–H groups in total. The summed E-state index contributed by atoms with van der Waals surface area (Å²) < 4.78 is 1.79. The van der Waals surface area contributed by atoms with Crippen LogP contribution in [0.4, 0.5) is 0 Å². The Morgan fingerprint density at radius 1 is 1.13 bits per heavy atom. The molecule has 0 aliphatic heterocycles. The number of rotatable bonds is 5. The van der Waals surface area contributed by atoms with Crippen LogP contribution in [0.1, 0.15) is 27.3 Å². The van der Waals surface area contributed by atoms with Crippen molar-refractivity contribution in [2.24, 2.45) is 0 Å². The number of hydrogen-bond acceptors (Lipinski definition) is 4. The van der Waals surface area contributed by atoms with Crippen LogP contribution in [0.25, 0.3) is 5.65 Å². The molecule has 3 rings (SSSR count). The van der Waals surface area contributed by atoms with Crippen LogP contribution in [-0.2, 0) is 13.0 Å². The van der Waals surface area contributed by atoms with E-state index in [1.54, 1.807) is 22.7 Å². The minimum absolute atomic E-state index is 0.0437. The summed E-state index contributed by atoms with van der Waals surface area (Å²) >= 11 is 0. The molecule has 0 atom stereocenters. The van der Waals surface area contributed by atoms with Gasteiger partial charge in [-0.3, -0.25) is 9.20 Å². The number of nitrogens with one attached hydrogen (secondary N) is 1. The standard InChI is InChI=1S/C17H18N4O2/c1-12-19-20-16-7-6-15(10-21(12)16)17(23)18-9-8-13-2-4-14(11-22)5-3-13/h2-7,10,22H,8-9,11H2,1H3,(H,18,23). The van der Waals surface area contributed by atoms with Crippen LogP contribution in [0.5, 0.6) is 0 Å². The Morgan fingerprint density at radius 3 is 2.61 bits per heavy atom. The van der Waals surface area contributed by atoms with Crippen molar-refractivity contribution >= 4 is 11.6 Å². The van der Waals surface area contributed by atoms with Crippen LogP contribution in [0.15, 0.2) is 42.6 Å². The zero-order valence-electron chi connectivity index (χ0n) is 12.9. The number of carbonyl (C=O) groups excluding carboxylic acids is 1. The number of carbonyl (C=O) groups is 1. The highest BCUT2D eigenvalue weighted by Crippen LogP contribution is 2.07. The number of hydrogen-bond donors (Lipinski definition) is 2. The second kappa shape index (κ2) is 6.58. The molecule has 1 amide bonds. The lowest BCUT2D eigenvalue weighted by atomic mass is 10.1. The largest absolute Gasteiger partial charge is 0.392 e. The average molecular weight is 310 g/mol. The van der Waals surface area contributed by atoms with E-state index in [1.807, 2.05) is 31.2 Å². The van der Waals surface area contributed by atoms with Crippen molar-refractivity contribution in [2.45, 2.75) is 20.0 Å². The lowest BCUT2D eigenvalue weighted by Gasteiger charge is -2.06. The number of amides is 1. The molecule has 0 aliphatic carbocycles. The monoisotopic (exact) mass is 310 g/mol. The molecule has 0 radical (unpaired) electrons. The van der Waals surface area contributed by atoms with Gasteiger partial charge in [0, 0.05) is 12.7 Å². The van der Waals surface area contributed by atoms with Crippen LogP contribution in [0.2, 0.25) is 0 Å². The van der Waals surface area contributed by atoms with Gasteiger partial charge in [0.25, 0.3) is 5.91 Å². The lowest BCUT2D eigenvalue weighted by Crippen LogP contribution is -2.26. The van der Waals surface area contributed by atoms with Gasteiger partial charge in [-0.05, 0) is 36.6 Å². The number of fused-ring (bicyclic) bond motifs is 1. The predicted octanol–water partition coefficient (Wildman–Crippen LogP) is 1.50. The highest BCUT2D eigenvalue weighted by molar-refractivity contribution is 5.94. The minimum atomic E-state index is -0.119. The minimum Gasteiger partial charge on any atom is -0.392 e. The molecule has 0 fully saturated rings. The van der Waals surface area contributed by atoms with Crippen LogP contribution in [0.3, 0.4) is 0 Å². The summed E-state index contributed by atoms with van der Waals surface area (Å²) in [6.07, 6.45) is 2.49. The van der Waals surface area contributed by atoms with E-state index >= 15 is 0 Å². The van der Waals surface area contributed by atoms with Gasteiger partial charge in [-0.15, -0.1) is 10.2 Å². The van der Waals surface area contributed by atoms with Crippen molar-refractivity contribution in [3.8, 4) is 0 Å². The maximum atomic E-state index is 12.2. The van der Waals surface area contributed by atoms with Crippen LogP contribution < -0.4 is 5.32 Å². The molecule has 3 aromatic rings. The molecule has 2 heterocycles. The molecular formula is C17H18N4O2. The third kappa shape index (κ3) is 3.37. The quantitative estimate of drug-likeness (QED) is 0.748. The molecule has 6 heteroatoms. The summed E-state index contributed by atoms with van der Waals surface area (Å²) in [6, 6.07) is 11.2. The predicted molar refractivity (Wildman–Crippen MR) is 86.1 cm³/mol. The molecule has 118 valence electrons. The number of benzene rings is 1. The Hall–Kier alpha value is -2.73. The van der Waals surface area contributed by atoms with Crippen molar-refractivity contribution in [3.63, 3.8) is 0 Å². The Balaban J connectivity index is 1.60. The topological polar surface area (TPSA) is 79.5 Å². The van der Waals surface area contributed by atoms with Gasteiger partial charge in [-0.2, -0.15) is 0 Å². The first-order valence-corrected chi connectivity index (χ1v) is 7.45. The van der Waals surface area contributed by atoms with Gasteiger partial charge < -0.3 is 10.4 Å². The fourth-order valence-electron chi connectivity index (χ4n) is 2.37. The normalized spacial score (nSPS) is 10.9. The third-order valence-corrected chi connectivity index (χ3v) is 3.74. The van der Waals surface area contributed by atoms with Gasteiger partial charge in [0.1, 0.15) is 5.82 Å². The number of aromatic nitrogens is 3. The zero-order chi connectivity index (χ0) is 16.2. The molecular weight excluding hydrogens is 292 g/mol. The van der Waals surface area contributed by atoms with Crippen molar-refractivity contribution in [1.82, 2.24) is 19.9 Å². The summed E-state index contributed by atoms with van der Waals surface area (Å²) in [5, 5.41) is 19.9. The number of pyridine rings is 1. The van der Waals surface area contributed by atoms with Crippen LogP contribution in [0, 0.1) is 6.92 Å². The van der Waals surface area contributed by atoms with Gasteiger partial charge in [0.15, 0.2) is 5.65 Å². The first-order chi connectivity index (χ1) is 11.2. The molecule has 0 spiro atoms. The highest BCUT2D eigenvalue weighted by atomic mass is 16.3. The number of aryl methyl sites for hydroxylation is 1. The van der Waals surface area contributed by atoms with Crippen molar-refractivity contribution in [1.29, 1.82) is 0 Å². The molecule has 0 bridgehead atoms. The van der Waals surface area contributed by atoms with E-state index in [0.717, 1.165) is 29.0 Å². The smallest absolute Gasteiger partial charge is 0.252 e. The average Bonchev–Trinajstić information content (AvgIpc) is 2.96. The van der Waals surface area contributed by atoms with E-state index in [4.69, 9.17) is 5.11 Å². The van der Waals surface area contributed by atoms with Gasteiger partial charge >= 0.3 is 0 Å². The summed E-state index contributed by atoms with van der Waals surface area (Å²) in [5.41, 5.74) is 3.31. The SMILES string of the molecule is Cc1nnc2ccc(C(=O)NCCc3ccc(CO)cc3)cn12. The van der Waals surface area contributed by atoms with Crippen LogP contribution >= 0.6 is 0 Å². The Kier molecular flexibility index (Phi) is 4.34. The second-order valence-electron chi connectivity index (χ2n) is 5.37. The summed E-state index contributed by atoms with van der Waals surface area (Å²) in [4.78, 5) is 12.2. The van der Waals surface area contributed by atoms with E-state index < -0.39 is 0 Å². The molecule has 0 saturated heterocycles. The Morgan fingerprint density at radius 2 is 1.87 bits per heavy atom. The molecule has 6 nitrogen and oxygen atoms in total. The van der Waals surface area contributed by atoms with E-state index in [2.05, 4.69) is 15.5 Å². The van der Waals surface area contributed by atoms with Gasteiger partial charge in [0.05, 0.1) is 12.2 Å². The van der Waals surface area contributed by atoms with Gasteiger partial charge in [0.2, 0.25) is 0 Å². The zero-order valence-corrected chi connectivity index (χ0v) is 12.9. The van der Waals surface area contributed by atoms with E-state index in [9.17, 15) is 4.79 Å². The van der Waals surface area contributed by atoms with E-state index in [0.29, 0.717) is 12.1 Å². The summed E-state index contributed by atoms with van der Waals surface area (Å²) in [5.74, 6) is 0.630. The lowest BCUT2D eigenvalue weighted by molar-refractivity contribution is 0.0953. The maximum absolute atomic E-state index is 12.2. The fraction of sp³-hybridized carbons (Fsp3) is 0.235. The molecule has 23 heavy (non-hydrogen) atoms. The number of aliphatic hydroxyl groups excluding tert-OH is 1. The first-order valence-electron chi connectivity index (χ1n) is 7.45. The van der Waals surface area contributed by atoms with Gasteiger partial charge in [-0.1, -0.05) is 24.3 Å². The molecule has 2 aromatic heterocycles. The Bertz CT molecular complexity index is 824. The van der Waals surface area contributed by atoms with E-state index in [1.165, 1.54) is 0 Å². The van der Waals surface area contributed by atoms with E-state index in [-0.39, 0.29) is 12.5 Å². The number of aliphatic hydroxyl groups is 1. The maximum Gasteiger partial charge on any atom is 0.252 e. The fourth-order valence-corrected chi connectivity index (χ4v) is 2.37. The first kappa shape index (κ1) is 15.2. The second-order valence-corrected chi connectivity index (χ2v) is 5.37. The summed E-state index contributed by atoms with van der Waals surface area (Å²) in [7, 11) is 0. The molecule has 1 aromatic carbocycles. The number of nitrogens with zero attached hydrogens (tertiary/aromatic N) is 3. The highest BCUT2D eigenvalue weighted by Gasteiger charge is 2.08. The van der Waals surface area contributed by atoms with Crippen molar-refractivity contribution in [3.05, 3.63) is 65.1 Å².